The average molecular weight is 406 g/mol. The number of amides is 2. The highest BCUT2D eigenvalue weighted by Gasteiger charge is 2.40. The minimum atomic E-state index is -1.35. The van der Waals surface area contributed by atoms with Crippen molar-refractivity contribution < 1.29 is 28.7 Å². The average Bonchev–Trinajstić information content (AvgIpc) is 2.92. The molecule has 1 fully saturated rings. The Morgan fingerprint density at radius 2 is 1.57 bits per heavy atom. The molecule has 0 spiro atoms. The third-order valence-corrected chi connectivity index (χ3v) is 4.76. The minimum absolute atomic E-state index is 0.153. The van der Waals surface area contributed by atoms with Crippen molar-refractivity contribution in [3.63, 3.8) is 0 Å². The van der Waals surface area contributed by atoms with Crippen molar-refractivity contribution in [2.75, 3.05) is 10.2 Å². The Kier molecular flexibility index (Phi) is 4.42. The number of rotatable bonds is 3. The first-order valence-electron chi connectivity index (χ1n) is 9.20. The number of para-hydroxylation sites is 1. The number of esters is 2. The van der Waals surface area contributed by atoms with Gasteiger partial charge in [0.1, 0.15) is 0 Å². The van der Waals surface area contributed by atoms with Gasteiger partial charge in [-0.25, -0.2) is 14.5 Å². The number of ether oxygens (including phenoxy) is 2. The van der Waals surface area contributed by atoms with E-state index in [1.54, 1.807) is 30.3 Å². The fourth-order valence-corrected chi connectivity index (χ4v) is 3.37. The zero-order valence-corrected chi connectivity index (χ0v) is 16.5. The fraction of sp³-hybridized carbons (Fsp3) is 0.182. The quantitative estimate of drug-likeness (QED) is 0.362. The van der Waals surface area contributed by atoms with Gasteiger partial charge in [-0.05, 0) is 30.7 Å². The van der Waals surface area contributed by atoms with Crippen molar-refractivity contribution in [1.29, 1.82) is 0 Å². The molecule has 2 aliphatic heterocycles. The molecule has 0 saturated carbocycles. The molecule has 8 heteroatoms. The Bertz CT molecular complexity index is 1130. The number of benzene rings is 2. The number of aryl methyl sites for hydroxylation is 1. The second-order valence-electron chi connectivity index (χ2n) is 7.34. The van der Waals surface area contributed by atoms with E-state index < -0.39 is 29.5 Å². The lowest BCUT2D eigenvalue weighted by Gasteiger charge is -2.29. The highest BCUT2D eigenvalue weighted by Crippen LogP contribution is 2.34. The molecule has 0 atom stereocenters. The number of imide groups is 1. The maximum Gasteiger partial charge on any atom is 0.350 e. The summed E-state index contributed by atoms with van der Waals surface area (Å²) >= 11 is 0. The Morgan fingerprint density at radius 1 is 0.900 bits per heavy atom. The van der Waals surface area contributed by atoms with Crippen molar-refractivity contribution in [3.8, 4) is 0 Å². The Hall–Kier alpha value is -3.94. The Morgan fingerprint density at radius 3 is 2.23 bits per heavy atom. The van der Waals surface area contributed by atoms with E-state index >= 15 is 0 Å². The summed E-state index contributed by atoms with van der Waals surface area (Å²) in [6.45, 7) is 4.70. The molecule has 30 heavy (non-hydrogen) atoms. The molecule has 2 amide bonds. The summed E-state index contributed by atoms with van der Waals surface area (Å²) in [7, 11) is 0. The van der Waals surface area contributed by atoms with E-state index in [0.717, 1.165) is 16.7 Å². The molecular formula is C22H18N2O6. The third kappa shape index (κ3) is 3.12. The number of hydrogen-bond donors (Lipinski definition) is 1. The molecule has 2 aromatic rings. The molecule has 0 aromatic heterocycles. The molecule has 0 radical (unpaired) electrons. The molecular weight excluding hydrogens is 388 g/mol. The van der Waals surface area contributed by atoms with Crippen molar-refractivity contribution in [3.05, 3.63) is 70.9 Å². The second kappa shape index (κ2) is 6.84. The number of carbonyl (C=O) groups is 4. The number of hydrogen-bond acceptors (Lipinski definition) is 7. The van der Waals surface area contributed by atoms with Crippen LogP contribution in [0.1, 0.15) is 40.1 Å². The zero-order valence-electron chi connectivity index (χ0n) is 16.5. The second-order valence-corrected chi connectivity index (χ2v) is 7.34. The lowest BCUT2D eigenvalue weighted by Crippen LogP contribution is -2.42. The van der Waals surface area contributed by atoms with Crippen LogP contribution in [0.2, 0.25) is 0 Å². The van der Waals surface area contributed by atoms with Crippen LogP contribution >= 0.6 is 0 Å². The van der Waals surface area contributed by atoms with Gasteiger partial charge in [0, 0.05) is 20.0 Å². The topological polar surface area (TPSA) is 102 Å². The lowest BCUT2D eigenvalue weighted by molar-refractivity contribution is -0.222. The normalized spacial score (nSPS) is 17.4. The van der Waals surface area contributed by atoms with Crippen LogP contribution in [-0.4, -0.2) is 29.5 Å². The lowest BCUT2D eigenvalue weighted by atomic mass is 10.1. The number of fused-ring (bicyclic) bond motifs is 1. The van der Waals surface area contributed by atoms with Crippen LogP contribution < -0.4 is 10.2 Å². The van der Waals surface area contributed by atoms with E-state index in [2.05, 4.69) is 5.32 Å². The predicted octanol–water partition coefficient (Wildman–Crippen LogP) is 2.93. The maximum absolute atomic E-state index is 13.1. The van der Waals surface area contributed by atoms with E-state index in [0.29, 0.717) is 5.69 Å². The first kappa shape index (κ1) is 19.4. The van der Waals surface area contributed by atoms with Gasteiger partial charge in [-0.3, -0.25) is 9.59 Å². The first-order valence-corrected chi connectivity index (χ1v) is 9.20. The van der Waals surface area contributed by atoms with E-state index in [1.807, 2.05) is 19.1 Å². The Balaban J connectivity index is 1.68. The van der Waals surface area contributed by atoms with Crippen molar-refractivity contribution in [2.45, 2.75) is 26.6 Å². The minimum Gasteiger partial charge on any atom is -0.419 e. The summed E-state index contributed by atoms with van der Waals surface area (Å²) in [5, 5.41) is 2.78. The number of carbonyl (C=O) groups excluding carboxylic acids is 4. The van der Waals surface area contributed by atoms with Crippen LogP contribution in [0.5, 0.6) is 0 Å². The van der Waals surface area contributed by atoms with E-state index in [9.17, 15) is 19.2 Å². The number of nitrogens with one attached hydrogen (secondary N) is 1. The third-order valence-electron chi connectivity index (χ3n) is 4.76. The van der Waals surface area contributed by atoms with E-state index in [1.165, 1.54) is 13.8 Å². The molecule has 2 aromatic carbocycles. The predicted molar refractivity (Wildman–Crippen MR) is 107 cm³/mol. The smallest absolute Gasteiger partial charge is 0.350 e. The van der Waals surface area contributed by atoms with Gasteiger partial charge in [-0.15, -0.1) is 0 Å². The molecule has 0 unspecified atom stereocenters. The van der Waals surface area contributed by atoms with Crippen LogP contribution in [0.4, 0.5) is 11.4 Å². The number of nitrogens with zero attached hydrogens (tertiary/aromatic N) is 1. The summed E-state index contributed by atoms with van der Waals surface area (Å²) in [4.78, 5) is 51.3. The van der Waals surface area contributed by atoms with Crippen LogP contribution in [0, 0.1) is 6.92 Å². The Labute approximate surface area is 172 Å². The summed E-state index contributed by atoms with van der Waals surface area (Å²) in [5.74, 6) is -3.99. The summed E-state index contributed by atoms with van der Waals surface area (Å²) in [5.41, 5.74) is 1.58. The number of cyclic esters (lactones) is 2. The summed E-state index contributed by atoms with van der Waals surface area (Å²) in [6.07, 6.45) is 1.11. The van der Waals surface area contributed by atoms with Gasteiger partial charge in [-0.2, -0.15) is 0 Å². The SMILES string of the molecule is Cc1ccccc1N1C(=O)c2cccc(NC=C3C(=O)OC(C)(C)OC3=O)c2C1=O. The molecule has 1 saturated heterocycles. The molecule has 2 aliphatic rings. The highest BCUT2D eigenvalue weighted by molar-refractivity contribution is 6.36. The monoisotopic (exact) mass is 406 g/mol. The van der Waals surface area contributed by atoms with Crippen LogP contribution in [0.25, 0.3) is 0 Å². The summed E-state index contributed by atoms with van der Waals surface area (Å²) in [6, 6.07) is 11.8. The van der Waals surface area contributed by atoms with Crippen LogP contribution in [0.3, 0.4) is 0 Å². The first-order chi connectivity index (χ1) is 14.2. The largest absolute Gasteiger partial charge is 0.419 e. The van der Waals surface area contributed by atoms with Gasteiger partial charge in [0.05, 0.1) is 22.5 Å². The van der Waals surface area contributed by atoms with Gasteiger partial charge >= 0.3 is 11.9 Å². The standard InChI is InChI=1S/C22H18N2O6/c1-12-7-4-5-10-16(12)24-18(25)13-8-6-9-15(17(13)19(24)26)23-11-14-20(27)29-22(2,3)30-21(14)28/h4-11,23H,1-3H3. The van der Waals surface area contributed by atoms with Crippen molar-refractivity contribution >= 4 is 35.1 Å². The van der Waals surface area contributed by atoms with E-state index in [4.69, 9.17) is 9.47 Å². The molecule has 0 bridgehead atoms. The highest BCUT2D eigenvalue weighted by atomic mass is 16.7. The van der Waals surface area contributed by atoms with Crippen molar-refractivity contribution in [1.82, 2.24) is 0 Å². The van der Waals surface area contributed by atoms with E-state index in [-0.39, 0.29) is 22.4 Å². The van der Waals surface area contributed by atoms with Crippen LogP contribution in [-0.2, 0) is 19.1 Å². The number of anilines is 2. The maximum atomic E-state index is 13.1. The summed E-state index contributed by atoms with van der Waals surface area (Å²) < 4.78 is 10.1. The van der Waals surface area contributed by atoms with Gasteiger partial charge in [-0.1, -0.05) is 24.3 Å². The molecule has 0 aliphatic carbocycles. The molecule has 8 nitrogen and oxygen atoms in total. The molecule has 1 N–H and O–H groups in total. The van der Waals surface area contributed by atoms with Gasteiger partial charge in [0.2, 0.25) is 0 Å². The molecule has 152 valence electrons. The zero-order chi connectivity index (χ0) is 21.6. The van der Waals surface area contributed by atoms with Crippen LogP contribution in [0.15, 0.2) is 54.2 Å². The fourth-order valence-electron chi connectivity index (χ4n) is 3.37. The molecule has 2 heterocycles. The van der Waals surface area contributed by atoms with Gasteiger partial charge in [0.25, 0.3) is 17.6 Å². The van der Waals surface area contributed by atoms with Crippen molar-refractivity contribution in [2.24, 2.45) is 0 Å². The van der Waals surface area contributed by atoms with Gasteiger partial charge in [0.15, 0.2) is 5.57 Å². The van der Waals surface area contributed by atoms with Gasteiger partial charge < -0.3 is 14.8 Å². The molecule has 4 rings (SSSR count).